The van der Waals surface area contributed by atoms with E-state index in [4.69, 9.17) is 16.3 Å². The van der Waals surface area contributed by atoms with Crippen LogP contribution in [-0.4, -0.2) is 7.11 Å². The van der Waals surface area contributed by atoms with Crippen LogP contribution >= 0.6 is 11.6 Å². The van der Waals surface area contributed by atoms with Crippen molar-refractivity contribution in [1.82, 2.24) is 0 Å². The summed E-state index contributed by atoms with van der Waals surface area (Å²) >= 11 is 6.32. The number of anilines is 2. The summed E-state index contributed by atoms with van der Waals surface area (Å²) in [5, 5.41) is 0.726. The average molecular weight is 348 g/mol. The summed E-state index contributed by atoms with van der Waals surface area (Å²) in [4.78, 5) is 2.30. The normalized spacial score (nSPS) is 12.7. The van der Waals surface area contributed by atoms with Crippen molar-refractivity contribution in [3.8, 4) is 0 Å². The van der Waals surface area contributed by atoms with E-state index in [-0.39, 0.29) is 0 Å². The van der Waals surface area contributed by atoms with E-state index >= 15 is 0 Å². The molecule has 0 fully saturated rings. The van der Waals surface area contributed by atoms with Gasteiger partial charge >= 0.3 is 0 Å². The molecule has 124 valence electrons. The Morgan fingerprint density at radius 2 is 1.64 bits per heavy atom. The van der Waals surface area contributed by atoms with Crippen molar-refractivity contribution in [2.75, 3.05) is 12.0 Å². The molecule has 0 unspecified atom stereocenters. The molecule has 0 saturated carbocycles. The Bertz CT molecular complexity index is 934. The van der Waals surface area contributed by atoms with Crippen LogP contribution in [0.5, 0.6) is 0 Å². The van der Waals surface area contributed by atoms with Crippen LogP contribution in [0.1, 0.15) is 16.7 Å². The quantitative estimate of drug-likeness (QED) is 0.564. The molecule has 0 aromatic heterocycles. The van der Waals surface area contributed by atoms with Crippen molar-refractivity contribution in [1.29, 1.82) is 0 Å². The third-order valence-electron chi connectivity index (χ3n) is 4.43. The third-order valence-corrected chi connectivity index (χ3v) is 4.67. The number of nitrogens with zero attached hydrogens (tertiary/aromatic N) is 1. The molecule has 3 heteroatoms. The van der Waals surface area contributed by atoms with Gasteiger partial charge in [-0.25, -0.2) is 0 Å². The molecule has 4 rings (SSSR count). The smallest absolute Gasteiger partial charge is 0.128 e. The first-order valence-electron chi connectivity index (χ1n) is 8.22. The fourth-order valence-corrected chi connectivity index (χ4v) is 3.41. The minimum Gasteiger partial charge on any atom is -0.496 e. The van der Waals surface area contributed by atoms with Gasteiger partial charge in [0.2, 0.25) is 0 Å². The van der Waals surface area contributed by atoms with Gasteiger partial charge in [-0.05, 0) is 35.9 Å². The molecule has 0 bridgehead atoms. The second-order valence-corrected chi connectivity index (χ2v) is 6.44. The van der Waals surface area contributed by atoms with Crippen LogP contribution in [0.15, 0.2) is 72.8 Å². The molecule has 1 heterocycles. The molecule has 0 radical (unpaired) electrons. The van der Waals surface area contributed by atoms with Gasteiger partial charge in [-0.1, -0.05) is 60.1 Å². The molecular formula is C22H18ClNO. The Hall–Kier alpha value is -2.71. The monoisotopic (exact) mass is 347 g/mol. The van der Waals surface area contributed by atoms with Gasteiger partial charge in [0.05, 0.1) is 18.5 Å². The van der Waals surface area contributed by atoms with Crippen LogP contribution in [0.2, 0.25) is 5.02 Å². The van der Waals surface area contributed by atoms with Gasteiger partial charge < -0.3 is 9.64 Å². The maximum atomic E-state index is 6.32. The molecule has 25 heavy (non-hydrogen) atoms. The van der Waals surface area contributed by atoms with E-state index in [1.54, 1.807) is 7.11 Å². The molecule has 0 atom stereocenters. The summed E-state index contributed by atoms with van der Waals surface area (Å²) in [5.41, 5.74) is 5.60. The molecular weight excluding hydrogens is 330 g/mol. The molecule has 0 N–H and O–H groups in total. The summed E-state index contributed by atoms with van der Waals surface area (Å²) in [6.07, 6.45) is 2.08. The largest absolute Gasteiger partial charge is 0.496 e. The fourth-order valence-electron chi connectivity index (χ4n) is 3.24. The maximum absolute atomic E-state index is 6.32. The first kappa shape index (κ1) is 15.8. The Labute approximate surface area is 152 Å². The van der Waals surface area contributed by atoms with Gasteiger partial charge in [0.15, 0.2) is 0 Å². The molecule has 0 amide bonds. The predicted octanol–water partition coefficient (Wildman–Crippen LogP) is 6.14. The van der Waals surface area contributed by atoms with Crippen LogP contribution in [0.25, 0.3) is 11.8 Å². The van der Waals surface area contributed by atoms with E-state index in [0.29, 0.717) is 0 Å². The Kier molecular flexibility index (Phi) is 4.21. The molecule has 0 aliphatic carbocycles. The number of halogens is 1. The lowest BCUT2D eigenvalue weighted by molar-refractivity contribution is 0.373. The van der Waals surface area contributed by atoms with Crippen molar-refractivity contribution >= 4 is 34.8 Å². The highest BCUT2D eigenvalue weighted by molar-refractivity contribution is 6.31. The summed E-state index contributed by atoms with van der Waals surface area (Å²) in [5.74, 6) is 0.856. The predicted molar refractivity (Wildman–Crippen MR) is 105 cm³/mol. The first-order chi connectivity index (χ1) is 12.3. The summed E-state index contributed by atoms with van der Waals surface area (Å²) < 4.78 is 5.68. The average Bonchev–Trinajstić information content (AvgIpc) is 2.78. The number of methoxy groups -OCH3 is 1. The van der Waals surface area contributed by atoms with Crippen molar-refractivity contribution in [2.45, 2.75) is 6.54 Å². The lowest BCUT2D eigenvalue weighted by Crippen LogP contribution is -2.18. The molecule has 3 aromatic rings. The summed E-state index contributed by atoms with van der Waals surface area (Å²) in [7, 11) is 1.71. The lowest BCUT2D eigenvalue weighted by atomic mass is 10.1. The Balaban J connectivity index is 1.93. The Morgan fingerprint density at radius 1 is 0.880 bits per heavy atom. The number of fused-ring (bicyclic) bond motifs is 2. The highest BCUT2D eigenvalue weighted by Gasteiger charge is 2.22. The SMILES string of the molecule is COC1=Cc2ccc(Cl)cc2N(Cc2ccccc2)c2ccccc21. The van der Waals surface area contributed by atoms with E-state index < -0.39 is 0 Å². The van der Waals surface area contributed by atoms with Crippen LogP contribution in [0.3, 0.4) is 0 Å². The fraction of sp³-hybridized carbons (Fsp3) is 0.0909. The second-order valence-electron chi connectivity index (χ2n) is 6.00. The Morgan fingerprint density at radius 3 is 2.44 bits per heavy atom. The zero-order chi connectivity index (χ0) is 17.2. The van der Waals surface area contributed by atoms with E-state index in [2.05, 4.69) is 53.4 Å². The van der Waals surface area contributed by atoms with Crippen molar-refractivity contribution < 1.29 is 4.74 Å². The maximum Gasteiger partial charge on any atom is 0.128 e. The van der Waals surface area contributed by atoms with Crippen molar-refractivity contribution in [3.05, 3.63) is 94.5 Å². The summed E-state index contributed by atoms with van der Waals surface area (Å²) in [6, 6.07) is 24.7. The van der Waals surface area contributed by atoms with Gasteiger partial charge in [-0.3, -0.25) is 0 Å². The minimum absolute atomic E-state index is 0.726. The van der Waals surface area contributed by atoms with E-state index in [0.717, 1.165) is 39.8 Å². The zero-order valence-corrected chi connectivity index (χ0v) is 14.7. The highest BCUT2D eigenvalue weighted by atomic mass is 35.5. The molecule has 0 spiro atoms. The molecule has 1 aliphatic rings. The number of ether oxygens (including phenoxy) is 1. The van der Waals surface area contributed by atoms with Gasteiger partial charge in [-0.15, -0.1) is 0 Å². The highest BCUT2D eigenvalue weighted by Crippen LogP contribution is 2.41. The topological polar surface area (TPSA) is 12.5 Å². The zero-order valence-electron chi connectivity index (χ0n) is 13.9. The number of hydrogen-bond donors (Lipinski definition) is 0. The number of hydrogen-bond acceptors (Lipinski definition) is 2. The van der Waals surface area contributed by atoms with Crippen LogP contribution < -0.4 is 4.90 Å². The van der Waals surface area contributed by atoms with E-state index in [1.165, 1.54) is 5.56 Å². The lowest BCUT2D eigenvalue weighted by Gasteiger charge is -2.27. The molecule has 3 aromatic carbocycles. The molecule has 2 nitrogen and oxygen atoms in total. The molecule has 0 saturated heterocycles. The third kappa shape index (κ3) is 3.01. The molecule has 1 aliphatic heterocycles. The number of para-hydroxylation sites is 1. The van der Waals surface area contributed by atoms with Crippen molar-refractivity contribution in [3.63, 3.8) is 0 Å². The standard InChI is InChI=1S/C22H18ClNO/c1-25-22-13-17-11-12-18(23)14-21(17)24(15-16-7-3-2-4-8-16)20-10-6-5-9-19(20)22/h2-14H,15H2,1H3. The summed E-state index contributed by atoms with van der Waals surface area (Å²) in [6.45, 7) is 0.760. The first-order valence-corrected chi connectivity index (χ1v) is 8.60. The van der Waals surface area contributed by atoms with Gasteiger partial charge in [0.25, 0.3) is 0 Å². The van der Waals surface area contributed by atoms with Gasteiger partial charge in [-0.2, -0.15) is 0 Å². The van der Waals surface area contributed by atoms with Crippen molar-refractivity contribution in [2.24, 2.45) is 0 Å². The van der Waals surface area contributed by atoms with E-state index in [9.17, 15) is 0 Å². The minimum atomic E-state index is 0.726. The number of benzene rings is 3. The number of rotatable bonds is 3. The van der Waals surface area contributed by atoms with Gasteiger partial charge in [0, 0.05) is 22.7 Å². The van der Waals surface area contributed by atoms with Crippen LogP contribution in [-0.2, 0) is 11.3 Å². The van der Waals surface area contributed by atoms with E-state index in [1.807, 2.05) is 30.3 Å². The second kappa shape index (κ2) is 6.66. The van der Waals surface area contributed by atoms with Crippen LogP contribution in [0.4, 0.5) is 11.4 Å². The van der Waals surface area contributed by atoms with Gasteiger partial charge in [0.1, 0.15) is 5.76 Å². The van der Waals surface area contributed by atoms with Crippen LogP contribution in [0, 0.1) is 0 Å².